The molecule has 2 heterocycles. The number of ether oxygens (including phenoxy) is 1. The van der Waals surface area contributed by atoms with Crippen LogP contribution in [0.5, 0.6) is 11.5 Å². The van der Waals surface area contributed by atoms with E-state index in [2.05, 4.69) is 20.9 Å². The van der Waals surface area contributed by atoms with E-state index >= 15 is 0 Å². The highest BCUT2D eigenvalue weighted by Crippen LogP contribution is 2.41. The van der Waals surface area contributed by atoms with Crippen LogP contribution in [0.1, 0.15) is 12.5 Å². The molecule has 4 aromatic rings. The number of aromatic hydroxyl groups is 1. The highest BCUT2D eigenvalue weighted by Gasteiger charge is 2.16. The summed E-state index contributed by atoms with van der Waals surface area (Å²) in [5.41, 5.74) is 2.06. The molecule has 0 bridgehead atoms. The molecule has 0 atom stereocenters. The number of phenols is 1. The minimum atomic E-state index is -0.146. The number of halogens is 2. The summed E-state index contributed by atoms with van der Waals surface area (Å²) >= 11 is 10.8. The summed E-state index contributed by atoms with van der Waals surface area (Å²) in [5.74, 6) is 0.137. The Morgan fingerprint density at radius 2 is 2.19 bits per heavy atom. The highest BCUT2D eigenvalue weighted by molar-refractivity contribution is 9.10. The van der Waals surface area contributed by atoms with Gasteiger partial charge >= 0.3 is 0 Å². The molecule has 2 aromatic heterocycles. The summed E-state index contributed by atoms with van der Waals surface area (Å²) in [6.45, 7) is 2.20. The normalized spacial score (nSPS) is 12.3. The third-order valence-corrected chi connectivity index (χ3v) is 6.33. The van der Waals surface area contributed by atoms with Gasteiger partial charge in [0.25, 0.3) is 5.56 Å². The van der Waals surface area contributed by atoms with E-state index in [0.717, 1.165) is 11.0 Å². The summed E-state index contributed by atoms with van der Waals surface area (Å²) in [4.78, 5) is 18.0. The Morgan fingerprint density at radius 1 is 1.42 bits per heavy atom. The number of thiazole rings is 1. The molecule has 0 fully saturated rings. The zero-order valence-corrected chi connectivity index (χ0v) is 16.7. The average molecular weight is 452 g/mol. The summed E-state index contributed by atoms with van der Waals surface area (Å²) in [6.07, 6.45) is 1.72. The van der Waals surface area contributed by atoms with Crippen LogP contribution in [0.3, 0.4) is 0 Å². The van der Waals surface area contributed by atoms with Gasteiger partial charge in [0.15, 0.2) is 16.5 Å². The van der Waals surface area contributed by atoms with Crippen LogP contribution in [0, 0.1) is 0 Å². The maximum atomic E-state index is 12.9. The van der Waals surface area contributed by atoms with E-state index in [1.54, 1.807) is 16.5 Å². The van der Waals surface area contributed by atoms with Gasteiger partial charge < -0.3 is 9.84 Å². The van der Waals surface area contributed by atoms with Crippen molar-refractivity contribution in [2.75, 3.05) is 6.61 Å². The van der Waals surface area contributed by atoms with Crippen molar-refractivity contribution in [2.45, 2.75) is 6.92 Å². The molecule has 0 unspecified atom stereocenters. The highest BCUT2D eigenvalue weighted by atomic mass is 79.9. The molecule has 0 radical (unpaired) electrons. The number of aromatic nitrogens is 2. The van der Waals surface area contributed by atoms with Crippen molar-refractivity contribution >= 4 is 60.9 Å². The summed E-state index contributed by atoms with van der Waals surface area (Å²) < 4.78 is 8.03. The van der Waals surface area contributed by atoms with Crippen molar-refractivity contribution in [3.05, 3.63) is 60.3 Å². The maximum Gasteiger partial charge on any atom is 0.274 e. The lowest BCUT2D eigenvalue weighted by molar-refractivity contribution is 0.318. The first kappa shape index (κ1) is 17.3. The van der Waals surface area contributed by atoms with Crippen molar-refractivity contribution in [1.29, 1.82) is 0 Å². The quantitative estimate of drug-likeness (QED) is 0.512. The Kier molecular flexibility index (Phi) is 4.38. The number of phenolic OH excluding ortho intramolecular Hbond substituents is 1. The van der Waals surface area contributed by atoms with Gasteiger partial charge in [-0.25, -0.2) is 9.38 Å². The monoisotopic (exact) mass is 450 g/mol. The lowest BCUT2D eigenvalue weighted by Crippen LogP contribution is -2.22. The Hall–Kier alpha value is -2.09. The molecular formula is C18H12BrClN2O3S. The standard InChI is InChI=1S/C18H12BrClN2O3S/c1-2-25-12-7-9(14(19)15(20)16(12)23)8-13-17(24)22-11-6-4-3-5-10(11)21-18(22)26-13/h3-8,23H,2H2,1H3/b13-8+. The van der Waals surface area contributed by atoms with Gasteiger partial charge in [0, 0.05) is 4.47 Å². The molecule has 0 aliphatic carbocycles. The average Bonchev–Trinajstić information content (AvgIpc) is 3.14. The molecule has 1 N–H and O–H groups in total. The number of nitrogens with zero attached hydrogens (tertiary/aromatic N) is 2. The predicted molar refractivity (Wildman–Crippen MR) is 108 cm³/mol. The molecule has 26 heavy (non-hydrogen) atoms. The number of hydrogen-bond acceptors (Lipinski definition) is 5. The van der Waals surface area contributed by atoms with Crippen LogP contribution in [-0.4, -0.2) is 21.1 Å². The molecule has 4 rings (SSSR count). The van der Waals surface area contributed by atoms with Crippen molar-refractivity contribution in [1.82, 2.24) is 9.38 Å². The molecule has 0 spiro atoms. The van der Waals surface area contributed by atoms with Crippen LogP contribution in [-0.2, 0) is 0 Å². The summed E-state index contributed by atoms with van der Waals surface area (Å²) in [7, 11) is 0. The first-order chi connectivity index (χ1) is 12.5. The first-order valence-electron chi connectivity index (χ1n) is 7.76. The molecular weight excluding hydrogens is 440 g/mol. The summed E-state index contributed by atoms with van der Waals surface area (Å²) in [5, 5.41) is 10.2. The second-order valence-corrected chi connectivity index (χ2v) is 7.69. The fourth-order valence-electron chi connectivity index (χ4n) is 2.74. The van der Waals surface area contributed by atoms with Gasteiger partial charge in [-0.1, -0.05) is 35.1 Å². The zero-order valence-electron chi connectivity index (χ0n) is 13.5. The molecule has 0 aliphatic heterocycles. The number of hydrogen-bond donors (Lipinski definition) is 1. The van der Waals surface area contributed by atoms with E-state index in [4.69, 9.17) is 16.3 Å². The molecule has 0 amide bonds. The fraction of sp³-hybridized carbons (Fsp3) is 0.111. The van der Waals surface area contributed by atoms with Crippen LogP contribution in [0.15, 0.2) is 39.6 Å². The van der Waals surface area contributed by atoms with Gasteiger partial charge in [0.1, 0.15) is 5.02 Å². The largest absolute Gasteiger partial charge is 0.503 e. The zero-order chi connectivity index (χ0) is 18.4. The van der Waals surface area contributed by atoms with E-state index in [0.29, 0.717) is 26.1 Å². The predicted octanol–water partition coefficient (Wildman–Crippen LogP) is 3.98. The van der Waals surface area contributed by atoms with E-state index in [1.807, 2.05) is 31.2 Å². The lowest BCUT2D eigenvalue weighted by Gasteiger charge is -2.10. The van der Waals surface area contributed by atoms with Crippen LogP contribution in [0.2, 0.25) is 5.02 Å². The van der Waals surface area contributed by atoms with Gasteiger partial charge in [0.2, 0.25) is 0 Å². The van der Waals surface area contributed by atoms with Gasteiger partial charge in [-0.3, -0.25) is 4.79 Å². The SMILES string of the molecule is CCOc1cc(/C=c2/sc3nc4ccccc4n3c2=O)c(Br)c(Cl)c1O. The van der Waals surface area contributed by atoms with Crippen molar-refractivity contribution in [3.63, 3.8) is 0 Å². The van der Waals surface area contributed by atoms with Gasteiger partial charge in [0.05, 0.1) is 22.2 Å². The Bertz CT molecular complexity index is 1270. The van der Waals surface area contributed by atoms with Crippen molar-refractivity contribution in [2.24, 2.45) is 0 Å². The van der Waals surface area contributed by atoms with Crippen molar-refractivity contribution < 1.29 is 9.84 Å². The Balaban J connectivity index is 1.97. The number of para-hydroxylation sites is 2. The van der Waals surface area contributed by atoms with Crippen LogP contribution < -0.4 is 14.8 Å². The first-order valence-corrected chi connectivity index (χ1v) is 9.75. The van der Waals surface area contributed by atoms with Crippen LogP contribution >= 0.6 is 38.9 Å². The van der Waals surface area contributed by atoms with Gasteiger partial charge in [-0.05, 0) is 52.7 Å². The van der Waals surface area contributed by atoms with Crippen LogP contribution in [0.25, 0.3) is 22.1 Å². The number of rotatable bonds is 3. The van der Waals surface area contributed by atoms with E-state index in [1.165, 1.54) is 11.3 Å². The molecule has 2 aromatic carbocycles. The fourth-order valence-corrected chi connectivity index (χ4v) is 4.33. The Morgan fingerprint density at radius 3 is 2.96 bits per heavy atom. The molecule has 8 heteroatoms. The third kappa shape index (κ3) is 2.67. The molecule has 132 valence electrons. The lowest BCUT2D eigenvalue weighted by atomic mass is 10.2. The summed E-state index contributed by atoms with van der Waals surface area (Å²) in [6, 6.07) is 9.16. The molecule has 5 nitrogen and oxygen atoms in total. The second kappa shape index (κ2) is 6.57. The smallest absolute Gasteiger partial charge is 0.274 e. The van der Waals surface area contributed by atoms with Crippen molar-refractivity contribution in [3.8, 4) is 11.5 Å². The van der Waals surface area contributed by atoms with E-state index in [-0.39, 0.29) is 22.1 Å². The second-order valence-electron chi connectivity index (χ2n) is 5.51. The number of imidazole rings is 1. The van der Waals surface area contributed by atoms with E-state index in [9.17, 15) is 9.90 Å². The third-order valence-electron chi connectivity index (χ3n) is 3.91. The van der Waals surface area contributed by atoms with Crippen LogP contribution in [0.4, 0.5) is 0 Å². The molecule has 0 aliphatic rings. The van der Waals surface area contributed by atoms with Gasteiger partial charge in [-0.2, -0.15) is 0 Å². The Labute approximate surface area is 165 Å². The number of benzene rings is 2. The minimum Gasteiger partial charge on any atom is -0.503 e. The van der Waals surface area contributed by atoms with Gasteiger partial charge in [-0.15, -0.1) is 0 Å². The molecule has 0 saturated carbocycles. The minimum absolute atomic E-state index is 0.133. The molecule has 0 saturated heterocycles. The number of fused-ring (bicyclic) bond motifs is 3. The maximum absolute atomic E-state index is 12.9. The van der Waals surface area contributed by atoms with E-state index < -0.39 is 0 Å². The topological polar surface area (TPSA) is 63.8 Å².